The highest BCUT2D eigenvalue weighted by Gasteiger charge is 2.29. The first-order chi connectivity index (χ1) is 9.75. The van der Waals surface area contributed by atoms with E-state index in [4.69, 9.17) is 0 Å². The van der Waals surface area contributed by atoms with Crippen molar-refractivity contribution in [2.45, 2.75) is 52.0 Å². The molecule has 6 heteroatoms. The quantitative estimate of drug-likeness (QED) is 0.867. The lowest BCUT2D eigenvalue weighted by Gasteiger charge is -2.26. The number of rotatable bonds is 2. The van der Waals surface area contributed by atoms with E-state index in [0.29, 0.717) is 18.5 Å². The van der Waals surface area contributed by atoms with Gasteiger partial charge >= 0.3 is 0 Å². The number of amides is 2. The van der Waals surface area contributed by atoms with Crippen LogP contribution in [-0.4, -0.2) is 27.8 Å². The minimum atomic E-state index is -0.483. The van der Waals surface area contributed by atoms with Gasteiger partial charge in [-0.2, -0.15) is 0 Å². The SMILES string of the molecule is C[C@@H]1CC(=O)N[C@H](C(=O)Nc2cnc(C(C)(C)C)nc2)C1. The lowest BCUT2D eigenvalue weighted by Crippen LogP contribution is -2.48. The molecule has 2 amide bonds. The summed E-state index contributed by atoms with van der Waals surface area (Å²) in [5, 5.41) is 5.46. The number of carbonyl (C=O) groups excluding carboxylic acids is 2. The first kappa shape index (κ1) is 15.4. The van der Waals surface area contributed by atoms with Crippen LogP contribution in [0.4, 0.5) is 5.69 Å². The summed E-state index contributed by atoms with van der Waals surface area (Å²) in [6, 6.07) is -0.483. The molecule has 0 aliphatic carbocycles. The van der Waals surface area contributed by atoms with E-state index in [-0.39, 0.29) is 23.1 Å². The number of nitrogens with zero attached hydrogens (tertiary/aromatic N) is 2. The molecule has 2 rings (SSSR count). The molecule has 2 atom stereocenters. The molecule has 0 radical (unpaired) electrons. The molecular weight excluding hydrogens is 268 g/mol. The van der Waals surface area contributed by atoms with Gasteiger partial charge in [0.25, 0.3) is 0 Å². The standard InChI is InChI=1S/C15H22N4O2/c1-9-5-11(19-12(20)6-9)13(21)18-10-7-16-14(17-8-10)15(2,3)4/h7-9,11H,5-6H2,1-4H3,(H,18,21)(H,19,20)/t9-,11-/m0/s1. The van der Waals surface area contributed by atoms with E-state index in [1.54, 1.807) is 12.4 Å². The zero-order chi connectivity index (χ0) is 15.6. The number of hydrogen-bond acceptors (Lipinski definition) is 4. The maximum Gasteiger partial charge on any atom is 0.247 e. The molecule has 2 heterocycles. The Bertz CT molecular complexity index is 534. The highest BCUT2D eigenvalue weighted by molar-refractivity contribution is 5.97. The maximum absolute atomic E-state index is 12.2. The highest BCUT2D eigenvalue weighted by atomic mass is 16.2. The Morgan fingerprint density at radius 3 is 2.48 bits per heavy atom. The molecule has 1 fully saturated rings. The van der Waals surface area contributed by atoms with Crippen LogP contribution in [0.15, 0.2) is 12.4 Å². The smallest absolute Gasteiger partial charge is 0.247 e. The molecule has 0 saturated carbocycles. The first-order valence-corrected chi connectivity index (χ1v) is 7.18. The molecule has 1 saturated heterocycles. The van der Waals surface area contributed by atoms with Crippen LogP contribution in [0.2, 0.25) is 0 Å². The molecule has 6 nitrogen and oxygen atoms in total. The van der Waals surface area contributed by atoms with Gasteiger partial charge in [-0.15, -0.1) is 0 Å². The van der Waals surface area contributed by atoms with E-state index in [0.717, 1.165) is 5.82 Å². The van der Waals surface area contributed by atoms with Gasteiger partial charge in [0, 0.05) is 11.8 Å². The summed E-state index contributed by atoms with van der Waals surface area (Å²) < 4.78 is 0. The summed E-state index contributed by atoms with van der Waals surface area (Å²) in [5.74, 6) is 0.643. The molecule has 0 bridgehead atoms. The number of anilines is 1. The Labute approximate surface area is 124 Å². The largest absolute Gasteiger partial charge is 0.344 e. The lowest BCUT2D eigenvalue weighted by molar-refractivity contribution is -0.129. The summed E-state index contributed by atoms with van der Waals surface area (Å²) in [6.45, 7) is 8.05. The second kappa shape index (κ2) is 5.79. The normalized spacial score (nSPS) is 22.6. The fourth-order valence-corrected chi connectivity index (χ4v) is 2.30. The van der Waals surface area contributed by atoms with Gasteiger partial charge in [0.1, 0.15) is 11.9 Å². The number of nitrogens with one attached hydrogen (secondary N) is 2. The number of hydrogen-bond donors (Lipinski definition) is 2. The molecule has 114 valence electrons. The zero-order valence-corrected chi connectivity index (χ0v) is 12.9. The topological polar surface area (TPSA) is 84.0 Å². The summed E-state index contributed by atoms with van der Waals surface area (Å²) in [7, 11) is 0. The van der Waals surface area contributed by atoms with Gasteiger partial charge in [0.15, 0.2) is 0 Å². The first-order valence-electron chi connectivity index (χ1n) is 7.18. The van der Waals surface area contributed by atoms with Crippen LogP contribution >= 0.6 is 0 Å². The van der Waals surface area contributed by atoms with E-state index in [1.807, 2.05) is 27.7 Å². The van der Waals surface area contributed by atoms with Gasteiger partial charge in [0.2, 0.25) is 11.8 Å². The molecular formula is C15H22N4O2. The van der Waals surface area contributed by atoms with Crippen LogP contribution in [-0.2, 0) is 15.0 Å². The van der Waals surface area contributed by atoms with Crippen molar-refractivity contribution in [2.75, 3.05) is 5.32 Å². The maximum atomic E-state index is 12.2. The zero-order valence-electron chi connectivity index (χ0n) is 12.9. The van der Waals surface area contributed by atoms with Gasteiger partial charge < -0.3 is 10.6 Å². The highest BCUT2D eigenvalue weighted by Crippen LogP contribution is 2.19. The van der Waals surface area contributed by atoms with Gasteiger partial charge in [-0.25, -0.2) is 9.97 Å². The summed E-state index contributed by atoms with van der Waals surface area (Å²) in [6.07, 6.45) is 4.32. The van der Waals surface area contributed by atoms with Crippen LogP contribution in [0.5, 0.6) is 0 Å². The van der Waals surface area contributed by atoms with Crippen LogP contribution in [0.25, 0.3) is 0 Å². The van der Waals surface area contributed by atoms with Crippen molar-refractivity contribution in [1.82, 2.24) is 15.3 Å². The predicted octanol–water partition coefficient (Wildman–Crippen LogP) is 1.63. The third-order valence-corrected chi connectivity index (χ3v) is 3.41. The van der Waals surface area contributed by atoms with Crippen molar-refractivity contribution in [1.29, 1.82) is 0 Å². The third kappa shape index (κ3) is 4.00. The summed E-state index contributed by atoms with van der Waals surface area (Å²) >= 11 is 0. The van der Waals surface area contributed by atoms with Gasteiger partial charge in [0.05, 0.1) is 18.1 Å². The molecule has 0 unspecified atom stereocenters. The van der Waals surface area contributed by atoms with Crippen molar-refractivity contribution in [3.8, 4) is 0 Å². The van der Waals surface area contributed by atoms with E-state index >= 15 is 0 Å². The second-order valence-corrected chi connectivity index (χ2v) is 6.70. The number of carbonyl (C=O) groups is 2. The van der Waals surface area contributed by atoms with Crippen LogP contribution in [0.1, 0.15) is 46.4 Å². The molecule has 2 N–H and O–H groups in total. The van der Waals surface area contributed by atoms with Crippen molar-refractivity contribution in [2.24, 2.45) is 5.92 Å². The Hall–Kier alpha value is -1.98. The molecule has 1 aromatic heterocycles. The minimum absolute atomic E-state index is 0.0757. The Morgan fingerprint density at radius 1 is 1.33 bits per heavy atom. The fraction of sp³-hybridized carbons (Fsp3) is 0.600. The molecule has 0 spiro atoms. The number of piperidine rings is 1. The second-order valence-electron chi connectivity index (χ2n) is 6.70. The average Bonchev–Trinajstić information content (AvgIpc) is 2.37. The van der Waals surface area contributed by atoms with E-state index in [9.17, 15) is 9.59 Å². The van der Waals surface area contributed by atoms with Crippen molar-refractivity contribution in [3.05, 3.63) is 18.2 Å². The van der Waals surface area contributed by atoms with Gasteiger partial charge in [-0.3, -0.25) is 9.59 Å². The average molecular weight is 290 g/mol. The van der Waals surface area contributed by atoms with Crippen LogP contribution in [0.3, 0.4) is 0 Å². The van der Waals surface area contributed by atoms with Crippen LogP contribution < -0.4 is 10.6 Å². The van der Waals surface area contributed by atoms with Crippen molar-refractivity contribution in [3.63, 3.8) is 0 Å². The van der Waals surface area contributed by atoms with E-state index < -0.39 is 6.04 Å². The molecule has 1 aliphatic heterocycles. The monoisotopic (exact) mass is 290 g/mol. The van der Waals surface area contributed by atoms with Crippen molar-refractivity contribution < 1.29 is 9.59 Å². The summed E-state index contributed by atoms with van der Waals surface area (Å²) in [5.41, 5.74) is 0.412. The Morgan fingerprint density at radius 2 is 1.95 bits per heavy atom. The fourth-order valence-electron chi connectivity index (χ4n) is 2.30. The predicted molar refractivity (Wildman–Crippen MR) is 79.7 cm³/mol. The molecule has 1 aliphatic rings. The molecule has 21 heavy (non-hydrogen) atoms. The molecule has 0 aromatic carbocycles. The Kier molecular flexibility index (Phi) is 4.25. The van der Waals surface area contributed by atoms with Crippen molar-refractivity contribution >= 4 is 17.5 Å². The van der Waals surface area contributed by atoms with E-state index in [1.165, 1.54) is 0 Å². The third-order valence-electron chi connectivity index (χ3n) is 3.41. The number of aromatic nitrogens is 2. The Balaban J connectivity index is 2.01. The minimum Gasteiger partial charge on any atom is -0.344 e. The molecule has 1 aromatic rings. The van der Waals surface area contributed by atoms with Gasteiger partial charge in [-0.1, -0.05) is 27.7 Å². The lowest BCUT2D eigenvalue weighted by atomic mass is 9.93. The van der Waals surface area contributed by atoms with E-state index in [2.05, 4.69) is 20.6 Å². The van der Waals surface area contributed by atoms with Crippen LogP contribution in [0, 0.1) is 5.92 Å². The summed E-state index contributed by atoms with van der Waals surface area (Å²) in [4.78, 5) is 32.2. The van der Waals surface area contributed by atoms with Gasteiger partial charge in [-0.05, 0) is 12.3 Å².